The van der Waals surface area contributed by atoms with Crippen LogP contribution in [0.3, 0.4) is 0 Å². The Kier molecular flexibility index (Phi) is 5.36. The van der Waals surface area contributed by atoms with Crippen LogP contribution in [0.5, 0.6) is 0 Å². The van der Waals surface area contributed by atoms with Crippen LogP contribution in [0.2, 0.25) is 0 Å². The molecule has 1 aromatic heterocycles. The first kappa shape index (κ1) is 21.1. The lowest BCUT2D eigenvalue weighted by molar-refractivity contribution is 0.320. The Morgan fingerprint density at radius 1 is 1.00 bits per heavy atom. The summed E-state index contributed by atoms with van der Waals surface area (Å²) in [5.74, 6) is 0.491. The smallest absolute Gasteiger partial charge is 0.279 e. The standard InChI is InChI=1S/C21H21N3O5S2/c1-15-5-11-18(12-6-15)31(27,28)24-20(21-4-3-13-29-21)14-19(22-24)16-7-9-17(10-8-16)23-30(2,25)26/h3-13,20,23H,14H2,1-2H3/t20-/m1/s1. The fourth-order valence-electron chi connectivity index (χ4n) is 3.34. The molecule has 0 fully saturated rings. The van der Waals surface area contributed by atoms with Gasteiger partial charge in [-0.2, -0.15) is 17.9 Å². The maximum atomic E-state index is 13.3. The number of aryl methyl sites for hydroxylation is 1. The van der Waals surface area contributed by atoms with Crippen molar-refractivity contribution in [1.29, 1.82) is 0 Å². The normalized spacial score (nSPS) is 16.9. The molecule has 31 heavy (non-hydrogen) atoms. The van der Waals surface area contributed by atoms with E-state index in [-0.39, 0.29) is 4.90 Å². The zero-order valence-corrected chi connectivity index (χ0v) is 18.5. The first-order valence-electron chi connectivity index (χ1n) is 9.44. The highest BCUT2D eigenvalue weighted by atomic mass is 32.2. The van der Waals surface area contributed by atoms with Crippen LogP contribution in [0.4, 0.5) is 5.69 Å². The number of furan rings is 1. The second kappa shape index (κ2) is 7.86. The molecule has 0 amide bonds. The van der Waals surface area contributed by atoms with Gasteiger partial charge >= 0.3 is 0 Å². The first-order valence-corrected chi connectivity index (χ1v) is 12.8. The SMILES string of the molecule is Cc1ccc(S(=O)(=O)N2N=C(c3ccc(NS(C)(=O)=O)cc3)C[C@@H]2c2ccco2)cc1. The summed E-state index contributed by atoms with van der Waals surface area (Å²) < 4.78 is 58.5. The third kappa shape index (κ3) is 4.49. The van der Waals surface area contributed by atoms with Crippen LogP contribution in [-0.4, -0.2) is 33.2 Å². The van der Waals surface area contributed by atoms with Gasteiger partial charge in [0.15, 0.2) is 0 Å². The second-order valence-electron chi connectivity index (χ2n) is 7.32. The van der Waals surface area contributed by atoms with Crippen LogP contribution in [-0.2, 0) is 20.0 Å². The van der Waals surface area contributed by atoms with Gasteiger partial charge in [0.25, 0.3) is 10.0 Å². The van der Waals surface area contributed by atoms with E-state index in [0.29, 0.717) is 29.1 Å². The van der Waals surface area contributed by atoms with E-state index in [4.69, 9.17) is 4.42 Å². The van der Waals surface area contributed by atoms with Gasteiger partial charge in [0.05, 0.1) is 23.1 Å². The van der Waals surface area contributed by atoms with Crippen molar-refractivity contribution in [1.82, 2.24) is 4.41 Å². The van der Waals surface area contributed by atoms with E-state index in [0.717, 1.165) is 16.2 Å². The van der Waals surface area contributed by atoms with Gasteiger partial charge in [-0.15, -0.1) is 0 Å². The Balaban J connectivity index is 1.71. The maximum absolute atomic E-state index is 13.3. The zero-order chi connectivity index (χ0) is 22.2. The highest BCUT2D eigenvalue weighted by Crippen LogP contribution is 2.37. The first-order chi connectivity index (χ1) is 14.6. The van der Waals surface area contributed by atoms with Gasteiger partial charge < -0.3 is 4.42 Å². The summed E-state index contributed by atoms with van der Waals surface area (Å²) in [5, 5.41) is 4.43. The van der Waals surface area contributed by atoms with Gasteiger partial charge in [0.2, 0.25) is 10.0 Å². The van der Waals surface area contributed by atoms with Crippen LogP contribution >= 0.6 is 0 Å². The van der Waals surface area contributed by atoms with Crippen molar-refractivity contribution < 1.29 is 21.3 Å². The number of nitrogens with one attached hydrogen (secondary N) is 1. The van der Waals surface area contributed by atoms with E-state index < -0.39 is 26.1 Å². The molecule has 0 aliphatic carbocycles. The number of hydrazone groups is 1. The molecular weight excluding hydrogens is 438 g/mol. The molecule has 1 atom stereocenters. The Labute approximate surface area is 181 Å². The highest BCUT2D eigenvalue weighted by Gasteiger charge is 2.39. The minimum atomic E-state index is -3.91. The molecule has 0 unspecified atom stereocenters. The van der Waals surface area contributed by atoms with Crippen LogP contribution in [0.15, 0.2) is 81.3 Å². The summed E-state index contributed by atoms with van der Waals surface area (Å²) in [4.78, 5) is 0.146. The van der Waals surface area contributed by atoms with Crippen molar-refractivity contribution in [3.05, 3.63) is 83.8 Å². The van der Waals surface area contributed by atoms with E-state index in [9.17, 15) is 16.8 Å². The van der Waals surface area contributed by atoms with Gasteiger partial charge in [-0.1, -0.05) is 29.8 Å². The van der Waals surface area contributed by atoms with Gasteiger partial charge in [0.1, 0.15) is 11.8 Å². The van der Waals surface area contributed by atoms with Crippen molar-refractivity contribution in [2.75, 3.05) is 11.0 Å². The molecule has 0 bridgehead atoms. The molecule has 1 N–H and O–H groups in total. The van der Waals surface area contributed by atoms with E-state index in [1.54, 1.807) is 60.7 Å². The lowest BCUT2D eigenvalue weighted by atomic mass is 10.0. The number of rotatable bonds is 6. The Hall–Kier alpha value is -3.11. The number of hydrogen-bond acceptors (Lipinski definition) is 6. The summed E-state index contributed by atoms with van der Waals surface area (Å²) in [7, 11) is -7.30. The molecule has 0 saturated heterocycles. The van der Waals surface area contributed by atoms with Crippen LogP contribution in [0.1, 0.15) is 29.3 Å². The molecular formula is C21H21N3O5S2. The third-order valence-electron chi connectivity index (χ3n) is 4.83. The van der Waals surface area contributed by atoms with E-state index in [1.807, 2.05) is 6.92 Å². The fraction of sp³-hybridized carbons (Fsp3) is 0.190. The number of anilines is 1. The lowest BCUT2D eigenvalue weighted by Gasteiger charge is -2.21. The molecule has 0 saturated carbocycles. The molecule has 162 valence electrons. The number of hydrogen-bond donors (Lipinski definition) is 1. The molecule has 3 aromatic rings. The van der Waals surface area contributed by atoms with Gasteiger partial charge in [0, 0.05) is 12.1 Å². The maximum Gasteiger partial charge on any atom is 0.279 e. The number of nitrogens with zero attached hydrogens (tertiary/aromatic N) is 2. The summed E-state index contributed by atoms with van der Waals surface area (Å²) in [6.07, 6.45) is 2.89. The monoisotopic (exact) mass is 459 g/mol. The van der Waals surface area contributed by atoms with Crippen LogP contribution < -0.4 is 4.72 Å². The van der Waals surface area contributed by atoms with Gasteiger partial charge in [-0.3, -0.25) is 4.72 Å². The van der Waals surface area contributed by atoms with Crippen molar-refractivity contribution in [3.63, 3.8) is 0 Å². The molecule has 2 heterocycles. The van der Waals surface area contributed by atoms with Crippen molar-refractivity contribution in [3.8, 4) is 0 Å². The summed E-state index contributed by atoms with van der Waals surface area (Å²) in [6, 6.07) is 16.0. The number of sulfonamides is 2. The van der Waals surface area contributed by atoms with Crippen molar-refractivity contribution in [2.24, 2.45) is 5.10 Å². The van der Waals surface area contributed by atoms with Crippen LogP contribution in [0, 0.1) is 6.92 Å². The molecule has 2 aromatic carbocycles. The van der Waals surface area contributed by atoms with Crippen molar-refractivity contribution in [2.45, 2.75) is 24.3 Å². The average molecular weight is 460 g/mol. The van der Waals surface area contributed by atoms with Gasteiger partial charge in [-0.05, 0) is 48.9 Å². The lowest BCUT2D eigenvalue weighted by Crippen LogP contribution is -2.27. The molecule has 10 heteroatoms. The molecule has 0 spiro atoms. The van der Waals surface area contributed by atoms with Crippen molar-refractivity contribution >= 4 is 31.4 Å². The highest BCUT2D eigenvalue weighted by molar-refractivity contribution is 7.92. The summed E-state index contributed by atoms with van der Waals surface area (Å²) >= 11 is 0. The zero-order valence-electron chi connectivity index (χ0n) is 16.9. The van der Waals surface area contributed by atoms with Crippen LogP contribution in [0.25, 0.3) is 0 Å². The van der Waals surface area contributed by atoms with Gasteiger partial charge in [-0.25, -0.2) is 8.42 Å². The average Bonchev–Trinajstić information content (AvgIpc) is 3.38. The minimum absolute atomic E-state index is 0.146. The largest absolute Gasteiger partial charge is 0.467 e. The van der Waals surface area contributed by atoms with E-state index in [2.05, 4.69) is 9.82 Å². The molecule has 1 aliphatic heterocycles. The molecule has 0 radical (unpaired) electrons. The Morgan fingerprint density at radius 3 is 2.26 bits per heavy atom. The predicted octanol–water partition coefficient (Wildman–Crippen LogP) is 3.50. The second-order valence-corrected chi connectivity index (χ2v) is 10.9. The minimum Gasteiger partial charge on any atom is -0.467 e. The molecule has 1 aliphatic rings. The Morgan fingerprint density at radius 2 is 1.68 bits per heavy atom. The topological polar surface area (TPSA) is 109 Å². The molecule has 8 nitrogen and oxygen atoms in total. The summed E-state index contributed by atoms with van der Waals surface area (Å²) in [6.45, 7) is 1.89. The predicted molar refractivity (Wildman–Crippen MR) is 118 cm³/mol. The third-order valence-corrected chi connectivity index (χ3v) is 7.13. The quantitative estimate of drug-likeness (QED) is 0.607. The van der Waals surface area contributed by atoms with E-state index >= 15 is 0 Å². The fourth-order valence-corrected chi connectivity index (χ4v) is 5.32. The Bertz CT molecular complexity index is 1310. The summed E-state index contributed by atoms with van der Waals surface area (Å²) in [5.41, 5.74) is 2.62. The molecule has 4 rings (SSSR count). The number of benzene rings is 2. The van der Waals surface area contributed by atoms with E-state index in [1.165, 1.54) is 6.26 Å².